The van der Waals surface area contributed by atoms with Gasteiger partial charge in [-0.2, -0.15) is 0 Å². The lowest BCUT2D eigenvalue weighted by Crippen LogP contribution is -2.22. The molecule has 28 heavy (non-hydrogen) atoms. The number of aromatic nitrogens is 4. The molecular weight excluding hydrogens is 394 g/mol. The zero-order valence-electron chi connectivity index (χ0n) is 16.5. The van der Waals surface area contributed by atoms with Crippen LogP contribution in [0.2, 0.25) is 0 Å². The molecule has 0 spiro atoms. The van der Waals surface area contributed by atoms with Gasteiger partial charge in [0, 0.05) is 11.4 Å². The molecule has 1 N–H and O–H groups in total. The highest BCUT2D eigenvalue weighted by atomic mass is 32.2. The summed E-state index contributed by atoms with van der Waals surface area (Å²) in [5, 5.41) is 12.5. The molecule has 1 amide bonds. The van der Waals surface area contributed by atoms with Gasteiger partial charge in [0.2, 0.25) is 5.91 Å². The lowest BCUT2D eigenvalue weighted by Gasteiger charge is -2.12. The Labute approximate surface area is 172 Å². The maximum Gasteiger partial charge on any atom is 0.239 e. The first-order chi connectivity index (χ1) is 13.4. The Kier molecular flexibility index (Phi) is 6.35. The standard InChI is InChI=1S/C19H23N5O2S2/c1-6-24-16(14-9-7-8-10-15(14)26-5)22-23-19(24)28-13(4)17(25)21-18-20-11(2)12(3)27-18/h7-10,13H,6H2,1-5H3,(H,20,21,25)/t13-/m0/s1. The highest BCUT2D eigenvalue weighted by Gasteiger charge is 2.22. The summed E-state index contributed by atoms with van der Waals surface area (Å²) < 4.78 is 7.44. The van der Waals surface area contributed by atoms with Crippen LogP contribution >= 0.6 is 23.1 Å². The Morgan fingerprint density at radius 1 is 1.32 bits per heavy atom. The summed E-state index contributed by atoms with van der Waals surface area (Å²) in [5.41, 5.74) is 1.81. The molecule has 148 valence electrons. The van der Waals surface area contributed by atoms with Gasteiger partial charge in [-0.15, -0.1) is 21.5 Å². The Bertz CT molecular complexity index is 963. The van der Waals surface area contributed by atoms with E-state index in [9.17, 15) is 4.79 Å². The molecule has 9 heteroatoms. The fourth-order valence-electron chi connectivity index (χ4n) is 2.63. The third kappa shape index (κ3) is 4.20. The van der Waals surface area contributed by atoms with Crippen LogP contribution in [0.3, 0.4) is 0 Å². The van der Waals surface area contributed by atoms with Gasteiger partial charge < -0.3 is 14.6 Å². The molecule has 2 aromatic heterocycles. The zero-order chi connectivity index (χ0) is 20.3. The average Bonchev–Trinajstić information content (AvgIpc) is 3.23. The van der Waals surface area contributed by atoms with Gasteiger partial charge >= 0.3 is 0 Å². The number of hydrogen-bond donors (Lipinski definition) is 1. The van der Waals surface area contributed by atoms with Crippen molar-refractivity contribution >= 4 is 34.1 Å². The molecule has 1 atom stereocenters. The van der Waals surface area contributed by atoms with Crippen molar-refractivity contribution < 1.29 is 9.53 Å². The van der Waals surface area contributed by atoms with Gasteiger partial charge in [-0.05, 0) is 39.8 Å². The van der Waals surface area contributed by atoms with Crippen LogP contribution in [-0.2, 0) is 11.3 Å². The van der Waals surface area contributed by atoms with Crippen molar-refractivity contribution in [3.05, 3.63) is 34.8 Å². The van der Waals surface area contributed by atoms with Crippen LogP contribution in [0.15, 0.2) is 29.4 Å². The number of nitrogens with one attached hydrogen (secondary N) is 1. The van der Waals surface area contributed by atoms with E-state index in [1.165, 1.54) is 23.1 Å². The summed E-state index contributed by atoms with van der Waals surface area (Å²) >= 11 is 2.86. The maximum absolute atomic E-state index is 12.6. The number of carbonyl (C=O) groups is 1. The van der Waals surface area contributed by atoms with Crippen molar-refractivity contribution in [3.8, 4) is 17.1 Å². The van der Waals surface area contributed by atoms with E-state index in [2.05, 4.69) is 20.5 Å². The number of rotatable bonds is 7. The molecule has 3 aromatic rings. The molecule has 2 heterocycles. The molecular formula is C19H23N5O2S2. The van der Waals surface area contributed by atoms with Gasteiger partial charge in [0.25, 0.3) is 0 Å². The maximum atomic E-state index is 12.6. The quantitative estimate of drug-likeness (QED) is 0.581. The van der Waals surface area contributed by atoms with Crippen LogP contribution in [0.25, 0.3) is 11.4 Å². The predicted molar refractivity (Wildman–Crippen MR) is 113 cm³/mol. The molecule has 0 saturated carbocycles. The van der Waals surface area contributed by atoms with Crippen LogP contribution in [0.4, 0.5) is 5.13 Å². The minimum absolute atomic E-state index is 0.108. The zero-order valence-corrected chi connectivity index (χ0v) is 18.1. The number of benzene rings is 1. The highest BCUT2D eigenvalue weighted by Crippen LogP contribution is 2.32. The second-order valence-corrected chi connectivity index (χ2v) is 8.67. The molecule has 0 aliphatic rings. The second kappa shape index (κ2) is 8.74. The van der Waals surface area contributed by atoms with E-state index in [4.69, 9.17) is 4.74 Å². The number of thiazole rings is 1. The topological polar surface area (TPSA) is 81.9 Å². The highest BCUT2D eigenvalue weighted by molar-refractivity contribution is 8.00. The Hall–Kier alpha value is -2.39. The Morgan fingerprint density at radius 3 is 2.71 bits per heavy atom. The number of methoxy groups -OCH3 is 1. The first kappa shape index (κ1) is 20.3. The predicted octanol–water partition coefficient (Wildman–Crippen LogP) is 4.17. The molecule has 0 bridgehead atoms. The van der Waals surface area contributed by atoms with Crippen molar-refractivity contribution in [1.29, 1.82) is 0 Å². The Morgan fingerprint density at radius 2 is 2.07 bits per heavy atom. The van der Waals surface area contributed by atoms with Gasteiger partial charge in [0.1, 0.15) is 5.75 Å². The average molecular weight is 418 g/mol. The summed E-state index contributed by atoms with van der Waals surface area (Å²) in [6, 6.07) is 7.70. The monoisotopic (exact) mass is 417 g/mol. The van der Waals surface area contributed by atoms with Crippen LogP contribution < -0.4 is 10.1 Å². The number of aryl methyl sites for hydroxylation is 2. The molecule has 0 radical (unpaired) electrons. The Balaban J connectivity index is 1.78. The van der Waals surface area contributed by atoms with Gasteiger partial charge in [-0.1, -0.05) is 23.9 Å². The molecule has 0 fully saturated rings. The number of anilines is 1. The smallest absolute Gasteiger partial charge is 0.239 e. The number of thioether (sulfide) groups is 1. The van der Waals surface area contributed by atoms with Crippen molar-refractivity contribution in [2.45, 2.75) is 44.6 Å². The van der Waals surface area contributed by atoms with E-state index < -0.39 is 0 Å². The third-order valence-corrected chi connectivity index (χ3v) is 6.36. The summed E-state index contributed by atoms with van der Waals surface area (Å²) in [6.45, 7) is 8.48. The van der Waals surface area contributed by atoms with Crippen LogP contribution in [0, 0.1) is 13.8 Å². The summed E-state index contributed by atoms with van der Waals surface area (Å²) in [6.07, 6.45) is 0. The van der Waals surface area contributed by atoms with Crippen molar-refractivity contribution in [1.82, 2.24) is 19.7 Å². The van der Waals surface area contributed by atoms with E-state index in [0.29, 0.717) is 16.8 Å². The van der Waals surface area contributed by atoms with Gasteiger partial charge in [-0.25, -0.2) is 4.98 Å². The number of amides is 1. The molecule has 1 aromatic carbocycles. The molecule has 0 aliphatic carbocycles. The van der Waals surface area contributed by atoms with E-state index >= 15 is 0 Å². The van der Waals surface area contributed by atoms with E-state index in [0.717, 1.165) is 27.7 Å². The van der Waals surface area contributed by atoms with Crippen molar-refractivity contribution in [2.24, 2.45) is 0 Å². The van der Waals surface area contributed by atoms with Crippen molar-refractivity contribution in [2.75, 3.05) is 12.4 Å². The van der Waals surface area contributed by atoms with Gasteiger partial charge in [0.05, 0.1) is 23.6 Å². The number of ether oxygens (including phenoxy) is 1. The summed E-state index contributed by atoms with van der Waals surface area (Å²) in [4.78, 5) is 18.0. The van der Waals surface area contributed by atoms with Gasteiger partial charge in [-0.3, -0.25) is 4.79 Å². The van der Waals surface area contributed by atoms with Crippen LogP contribution in [0.1, 0.15) is 24.4 Å². The molecule has 0 saturated heterocycles. The van der Waals surface area contributed by atoms with Gasteiger partial charge in [0.15, 0.2) is 16.1 Å². The number of para-hydroxylation sites is 1. The minimum Gasteiger partial charge on any atom is -0.496 e. The second-order valence-electron chi connectivity index (χ2n) is 6.16. The largest absolute Gasteiger partial charge is 0.496 e. The van der Waals surface area contributed by atoms with Crippen molar-refractivity contribution in [3.63, 3.8) is 0 Å². The lowest BCUT2D eigenvalue weighted by molar-refractivity contribution is -0.115. The van der Waals surface area contributed by atoms with E-state index in [1.807, 2.05) is 56.5 Å². The summed E-state index contributed by atoms with van der Waals surface area (Å²) in [7, 11) is 1.63. The molecule has 0 unspecified atom stereocenters. The molecule has 3 rings (SSSR count). The number of hydrogen-bond acceptors (Lipinski definition) is 7. The lowest BCUT2D eigenvalue weighted by atomic mass is 10.2. The summed E-state index contributed by atoms with van der Waals surface area (Å²) in [5.74, 6) is 1.35. The first-order valence-corrected chi connectivity index (χ1v) is 10.6. The molecule has 0 aliphatic heterocycles. The number of nitrogens with zero attached hydrogens (tertiary/aromatic N) is 4. The SMILES string of the molecule is CCn1c(S[C@@H](C)C(=O)Nc2nc(C)c(C)s2)nnc1-c1ccccc1OC. The third-order valence-electron chi connectivity index (χ3n) is 4.29. The number of carbonyl (C=O) groups excluding carboxylic acids is 1. The van der Waals surface area contributed by atoms with E-state index in [1.54, 1.807) is 7.11 Å². The van der Waals surface area contributed by atoms with E-state index in [-0.39, 0.29) is 11.2 Å². The van der Waals surface area contributed by atoms with Crippen LogP contribution in [0.5, 0.6) is 5.75 Å². The fourth-order valence-corrected chi connectivity index (χ4v) is 4.36. The van der Waals surface area contributed by atoms with Crippen LogP contribution in [-0.4, -0.2) is 38.0 Å². The minimum atomic E-state index is -0.343. The fraction of sp³-hybridized carbons (Fsp3) is 0.368. The molecule has 7 nitrogen and oxygen atoms in total. The first-order valence-electron chi connectivity index (χ1n) is 8.92. The normalized spacial score (nSPS) is 12.0.